The molecule has 0 aliphatic carbocycles. The van der Waals surface area contributed by atoms with Gasteiger partial charge in [0.05, 0.1) is 6.20 Å². The van der Waals surface area contributed by atoms with Gasteiger partial charge in [-0.25, -0.2) is 4.98 Å². The number of nitrogens with zero attached hydrogens (tertiary/aromatic N) is 3. The van der Waals surface area contributed by atoms with Crippen molar-refractivity contribution in [3.63, 3.8) is 0 Å². The molecule has 1 N–H and O–H groups in total. The molecule has 13 heavy (non-hydrogen) atoms. The molecule has 0 aliphatic rings. The minimum absolute atomic E-state index is 0.825. The number of anilines is 2. The first-order chi connectivity index (χ1) is 6.36. The highest BCUT2D eigenvalue weighted by Crippen LogP contribution is 2.11. The van der Waals surface area contributed by atoms with Crippen LogP contribution in [0.3, 0.4) is 0 Å². The quantitative estimate of drug-likeness (QED) is 0.751. The second-order valence-corrected chi connectivity index (χ2v) is 2.68. The van der Waals surface area contributed by atoms with Crippen LogP contribution < -0.4 is 5.32 Å². The first kappa shape index (κ1) is 7.79. The fourth-order valence-corrected chi connectivity index (χ4v) is 1.06. The summed E-state index contributed by atoms with van der Waals surface area (Å²) >= 11 is 0. The van der Waals surface area contributed by atoms with Crippen LogP contribution in [0, 0.1) is 0 Å². The number of hydrogen-bond acceptors (Lipinski definition) is 3. The molecule has 0 saturated heterocycles. The summed E-state index contributed by atoms with van der Waals surface area (Å²) in [7, 11) is 1.88. The first-order valence-corrected chi connectivity index (χ1v) is 4.02. The number of hydrogen-bond donors (Lipinski definition) is 1. The Hall–Kier alpha value is -1.84. The van der Waals surface area contributed by atoms with E-state index in [1.54, 1.807) is 17.1 Å². The molecule has 0 bridgehead atoms. The molecule has 0 aliphatic heterocycles. The van der Waals surface area contributed by atoms with Crippen LogP contribution in [0.15, 0.2) is 36.7 Å². The van der Waals surface area contributed by atoms with Crippen molar-refractivity contribution >= 4 is 11.6 Å². The monoisotopic (exact) mass is 174 g/mol. The third kappa shape index (κ3) is 1.66. The van der Waals surface area contributed by atoms with Crippen molar-refractivity contribution < 1.29 is 0 Å². The standard InChI is InChI=1S/C9H10N4/c1-13-9(5-7-11-13)12-8-4-2-3-6-10-8/h2-7H,1H3,(H,10,12). The van der Waals surface area contributed by atoms with Gasteiger partial charge < -0.3 is 5.32 Å². The van der Waals surface area contributed by atoms with Crippen molar-refractivity contribution in [1.29, 1.82) is 0 Å². The van der Waals surface area contributed by atoms with Crippen LogP contribution in [0.1, 0.15) is 0 Å². The lowest BCUT2D eigenvalue weighted by Crippen LogP contribution is -1.99. The first-order valence-electron chi connectivity index (χ1n) is 4.02. The predicted octanol–water partition coefficient (Wildman–Crippen LogP) is 1.56. The zero-order valence-electron chi connectivity index (χ0n) is 7.31. The summed E-state index contributed by atoms with van der Waals surface area (Å²) in [6, 6.07) is 7.63. The van der Waals surface area contributed by atoms with Gasteiger partial charge in [0.1, 0.15) is 11.6 Å². The van der Waals surface area contributed by atoms with Crippen LogP contribution in [-0.2, 0) is 7.05 Å². The summed E-state index contributed by atoms with van der Waals surface area (Å²) in [5, 5.41) is 7.18. The fourth-order valence-electron chi connectivity index (χ4n) is 1.06. The molecule has 2 rings (SSSR count). The maximum Gasteiger partial charge on any atom is 0.131 e. The van der Waals surface area contributed by atoms with Crippen molar-refractivity contribution in [2.75, 3.05) is 5.32 Å². The average molecular weight is 174 g/mol. The Balaban J connectivity index is 2.20. The molecular formula is C9H10N4. The third-order valence-corrected chi connectivity index (χ3v) is 1.74. The number of nitrogens with one attached hydrogen (secondary N) is 1. The Kier molecular flexibility index (Phi) is 1.96. The van der Waals surface area contributed by atoms with Crippen molar-refractivity contribution in [2.24, 2.45) is 7.05 Å². The largest absolute Gasteiger partial charge is 0.325 e. The summed E-state index contributed by atoms with van der Waals surface area (Å²) in [5.74, 6) is 1.75. The van der Waals surface area contributed by atoms with Crippen LogP contribution in [-0.4, -0.2) is 14.8 Å². The van der Waals surface area contributed by atoms with Gasteiger partial charge >= 0.3 is 0 Å². The SMILES string of the molecule is Cn1nccc1Nc1ccccn1. The molecule has 0 unspecified atom stereocenters. The smallest absolute Gasteiger partial charge is 0.131 e. The molecule has 66 valence electrons. The van der Waals surface area contributed by atoms with E-state index in [1.807, 2.05) is 31.3 Å². The average Bonchev–Trinajstić information content (AvgIpc) is 2.54. The van der Waals surface area contributed by atoms with Crippen LogP contribution in [0.4, 0.5) is 11.6 Å². The summed E-state index contributed by atoms with van der Waals surface area (Å²) in [4.78, 5) is 4.14. The van der Waals surface area contributed by atoms with Gasteiger partial charge in [-0.05, 0) is 12.1 Å². The van der Waals surface area contributed by atoms with Gasteiger partial charge in [-0.3, -0.25) is 4.68 Å². The van der Waals surface area contributed by atoms with E-state index in [9.17, 15) is 0 Å². The van der Waals surface area contributed by atoms with Crippen molar-refractivity contribution in [1.82, 2.24) is 14.8 Å². The summed E-state index contributed by atoms with van der Waals surface area (Å²) in [6.45, 7) is 0. The van der Waals surface area contributed by atoms with E-state index in [4.69, 9.17) is 0 Å². The zero-order valence-corrected chi connectivity index (χ0v) is 7.31. The zero-order chi connectivity index (χ0) is 9.10. The predicted molar refractivity (Wildman–Crippen MR) is 50.7 cm³/mol. The molecule has 0 spiro atoms. The summed E-state index contributed by atoms with van der Waals surface area (Å²) in [6.07, 6.45) is 3.49. The number of rotatable bonds is 2. The summed E-state index contributed by atoms with van der Waals surface area (Å²) < 4.78 is 1.76. The Morgan fingerprint density at radius 3 is 2.77 bits per heavy atom. The molecule has 0 atom stereocenters. The Labute approximate surface area is 76.2 Å². The van der Waals surface area contributed by atoms with E-state index in [-0.39, 0.29) is 0 Å². The van der Waals surface area contributed by atoms with E-state index >= 15 is 0 Å². The number of aryl methyl sites for hydroxylation is 1. The molecule has 0 fully saturated rings. The molecule has 2 aromatic rings. The normalized spacial score (nSPS) is 9.92. The second kappa shape index (κ2) is 3.26. The molecule has 0 saturated carbocycles. The highest BCUT2D eigenvalue weighted by Gasteiger charge is 1.97. The Morgan fingerprint density at radius 2 is 2.15 bits per heavy atom. The van der Waals surface area contributed by atoms with Crippen LogP contribution in [0.2, 0.25) is 0 Å². The molecule has 0 amide bonds. The van der Waals surface area contributed by atoms with E-state index in [0.29, 0.717) is 0 Å². The lowest BCUT2D eigenvalue weighted by molar-refractivity contribution is 0.776. The molecule has 4 heteroatoms. The van der Waals surface area contributed by atoms with Crippen molar-refractivity contribution in [3.8, 4) is 0 Å². The van der Waals surface area contributed by atoms with E-state index in [0.717, 1.165) is 11.6 Å². The highest BCUT2D eigenvalue weighted by molar-refractivity contribution is 5.50. The molecule has 0 aromatic carbocycles. The molecular weight excluding hydrogens is 164 g/mol. The lowest BCUT2D eigenvalue weighted by atomic mass is 10.4. The molecule has 2 heterocycles. The lowest BCUT2D eigenvalue weighted by Gasteiger charge is -2.03. The Bertz CT molecular complexity index is 380. The minimum Gasteiger partial charge on any atom is -0.325 e. The van der Waals surface area contributed by atoms with Gasteiger partial charge in [0.15, 0.2) is 0 Å². The summed E-state index contributed by atoms with van der Waals surface area (Å²) in [5.41, 5.74) is 0. The maximum absolute atomic E-state index is 4.14. The topological polar surface area (TPSA) is 42.7 Å². The maximum atomic E-state index is 4.14. The minimum atomic E-state index is 0.825. The third-order valence-electron chi connectivity index (χ3n) is 1.74. The second-order valence-electron chi connectivity index (χ2n) is 2.68. The van der Waals surface area contributed by atoms with Crippen molar-refractivity contribution in [3.05, 3.63) is 36.7 Å². The van der Waals surface area contributed by atoms with Crippen LogP contribution >= 0.6 is 0 Å². The fraction of sp³-hybridized carbons (Fsp3) is 0.111. The van der Waals surface area contributed by atoms with Gasteiger partial charge in [0, 0.05) is 19.3 Å². The number of pyridine rings is 1. The van der Waals surface area contributed by atoms with Crippen LogP contribution in [0.25, 0.3) is 0 Å². The van der Waals surface area contributed by atoms with Gasteiger partial charge in [0.2, 0.25) is 0 Å². The molecule has 4 nitrogen and oxygen atoms in total. The van der Waals surface area contributed by atoms with Gasteiger partial charge in [-0.2, -0.15) is 5.10 Å². The van der Waals surface area contributed by atoms with E-state index < -0.39 is 0 Å². The van der Waals surface area contributed by atoms with Gasteiger partial charge in [-0.1, -0.05) is 6.07 Å². The highest BCUT2D eigenvalue weighted by atomic mass is 15.3. The van der Waals surface area contributed by atoms with Gasteiger partial charge in [0.25, 0.3) is 0 Å². The van der Waals surface area contributed by atoms with Crippen LogP contribution in [0.5, 0.6) is 0 Å². The Morgan fingerprint density at radius 1 is 1.23 bits per heavy atom. The molecule has 0 radical (unpaired) electrons. The van der Waals surface area contributed by atoms with E-state index in [2.05, 4.69) is 15.4 Å². The van der Waals surface area contributed by atoms with Crippen molar-refractivity contribution in [2.45, 2.75) is 0 Å². The van der Waals surface area contributed by atoms with E-state index in [1.165, 1.54) is 0 Å². The number of aromatic nitrogens is 3. The van der Waals surface area contributed by atoms with Gasteiger partial charge in [-0.15, -0.1) is 0 Å². The molecule has 2 aromatic heterocycles.